The molecule has 4 rings (SSSR count). The van der Waals surface area contributed by atoms with Gasteiger partial charge in [0.05, 0.1) is 17.4 Å². The normalized spacial score (nSPS) is 14.2. The topological polar surface area (TPSA) is 73.0 Å². The van der Waals surface area contributed by atoms with Crippen molar-refractivity contribution in [1.29, 1.82) is 0 Å². The Labute approximate surface area is 176 Å². The molecule has 0 radical (unpaired) electrons. The summed E-state index contributed by atoms with van der Waals surface area (Å²) in [5.41, 5.74) is -1.00. The molecule has 10 heteroatoms. The Morgan fingerprint density at radius 2 is 2.06 bits per heavy atom. The van der Waals surface area contributed by atoms with Gasteiger partial charge in [-0.15, -0.1) is 0 Å². The molecule has 1 fully saturated rings. The van der Waals surface area contributed by atoms with Gasteiger partial charge in [0.1, 0.15) is 18.3 Å². The Kier molecular flexibility index (Phi) is 5.55. The molecular formula is C21H22F3N5O2. The number of hydrogen-bond acceptors (Lipinski definition) is 4. The maximum Gasteiger partial charge on any atom is 0.416 e. The van der Waals surface area contributed by atoms with Crippen LogP contribution in [0.3, 0.4) is 0 Å². The maximum atomic E-state index is 13.0. The SMILES string of the molecule is CCCN(CC1CC1)C(=O)Cn1cnc2c(cnn2-c2cccc(C(F)(F)F)c2)c1=O. The van der Waals surface area contributed by atoms with E-state index in [-0.39, 0.29) is 29.2 Å². The van der Waals surface area contributed by atoms with E-state index in [9.17, 15) is 22.8 Å². The summed E-state index contributed by atoms with van der Waals surface area (Å²) in [5, 5.41) is 4.20. The molecule has 0 aliphatic heterocycles. The molecule has 0 saturated heterocycles. The molecule has 1 aromatic carbocycles. The Hall–Kier alpha value is -3.17. The first-order valence-electron chi connectivity index (χ1n) is 10.2. The lowest BCUT2D eigenvalue weighted by Crippen LogP contribution is -2.38. The van der Waals surface area contributed by atoms with Crippen LogP contribution in [0.25, 0.3) is 16.7 Å². The van der Waals surface area contributed by atoms with Crippen molar-refractivity contribution in [2.45, 2.75) is 38.9 Å². The van der Waals surface area contributed by atoms with Crippen LogP contribution in [0.5, 0.6) is 0 Å². The average Bonchev–Trinajstić information content (AvgIpc) is 3.44. The van der Waals surface area contributed by atoms with E-state index in [0.717, 1.165) is 31.4 Å². The fraction of sp³-hybridized carbons (Fsp3) is 0.429. The van der Waals surface area contributed by atoms with Crippen molar-refractivity contribution in [2.75, 3.05) is 13.1 Å². The maximum absolute atomic E-state index is 13.0. The summed E-state index contributed by atoms with van der Waals surface area (Å²) < 4.78 is 41.5. The lowest BCUT2D eigenvalue weighted by Gasteiger charge is -2.22. The summed E-state index contributed by atoms with van der Waals surface area (Å²) in [7, 11) is 0. The Balaban J connectivity index is 1.62. The second kappa shape index (κ2) is 8.16. The number of fused-ring (bicyclic) bond motifs is 1. The predicted octanol–water partition coefficient (Wildman–Crippen LogP) is 3.25. The van der Waals surface area contributed by atoms with Gasteiger partial charge in [-0.25, -0.2) is 9.67 Å². The van der Waals surface area contributed by atoms with Gasteiger partial charge in [0.15, 0.2) is 5.65 Å². The molecule has 0 unspecified atom stereocenters. The van der Waals surface area contributed by atoms with Gasteiger partial charge >= 0.3 is 6.18 Å². The van der Waals surface area contributed by atoms with Gasteiger partial charge in [0, 0.05) is 13.1 Å². The van der Waals surface area contributed by atoms with E-state index in [1.54, 1.807) is 4.90 Å². The van der Waals surface area contributed by atoms with E-state index in [1.165, 1.54) is 33.9 Å². The second-order valence-electron chi connectivity index (χ2n) is 7.80. The molecule has 164 valence electrons. The minimum atomic E-state index is -4.50. The van der Waals surface area contributed by atoms with E-state index in [4.69, 9.17) is 0 Å². The largest absolute Gasteiger partial charge is 0.416 e. The van der Waals surface area contributed by atoms with Crippen LogP contribution in [-0.4, -0.2) is 43.2 Å². The number of benzene rings is 1. The third-order valence-corrected chi connectivity index (χ3v) is 5.30. The predicted molar refractivity (Wildman–Crippen MR) is 108 cm³/mol. The standard InChI is InChI=1S/C21H22F3N5O2/c1-2-8-27(11-14-6-7-14)18(30)12-28-13-25-19-17(20(28)31)10-26-29(19)16-5-3-4-15(9-16)21(22,23)24/h3-5,9-10,13-14H,2,6-8,11-12H2,1H3. The third kappa shape index (κ3) is 4.47. The molecule has 3 aromatic rings. The van der Waals surface area contributed by atoms with Crippen LogP contribution in [0.2, 0.25) is 0 Å². The molecule has 7 nitrogen and oxygen atoms in total. The molecule has 1 saturated carbocycles. The molecule has 0 N–H and O–H groups in total. The Bertz CT molecular complexity index is 1160. The van der Waals surface area contributed by atoms with Crippen molar-refractivity contribution in [1.82, 2.24) is 24.2 Å². The van der Waals surface area contributed by atoms with Crippen molar-refractivity contribution in [2.24, 2.45) is 5.92 Å². The number of rotatable bonds is 7. The summed E-state index contributed by atoms with van der Waals surface area (Å²) >= 11 is 0. The highest BCUT2D eigenvalue weighted by Crippen LogP contribution is 2.31. The first-order chi connectivity index (χ1) is 14.8. The summed E-state index contributed by atoms with van der Waals surface area (Å²) in [5.74, 6) is 0.390. The molecule has 1 aliphatic carbocycles. The van der Waals surface area contributed by atoms with Crippen LogP contribution in [0, 0.1) is 5.92 Å². The van der Waals surface area contributed by atoms with Gasteiger partial charge < -0.3 is 4.90 Å². The van der Waals surface area contributed by atoms with Crippen LogP contribution < -0.4 is 5.56 Å². The molecule has 0 bridgehead atoms. The number of halogens is 3. The molecule has 2 aromatic heterocycles. The number of alkyl halides is 3. The number of hydrogen-bond donors (Lipinski definition) is 0. The van der Waals surface area contributed by atoms with Gasteiger partial charge in [-0.3, -0.25) is 14.2 Å². The monoisotopic (exact) mass is 433 g/mol. The molecule has 1 amide bonds. The molecule has 31 heavy (non-hydrogen) atoms. The molecule has 0 atom stereocenters. The summed E-state index contributed by atoms with van der Waals surface area (Å²) in [6.07, 6.45) is 1.08. The van der Waals surface area contributed by atoms with Crippen molar-refractivity contribution < 1.29 is 18.0 Å². The van der Waals surface area contributed by atoms with Crippen LogP contribution >= 0.6 is 0 Å². The zero-order valence-electron chi connectivity index (χ0n) is 17.0. The number of carbonyl (C=O) groups is 1. The average molecular weight is 433 g/mol. The minimum absolute atomic E-state index is 0.136. The number of aromatic nitrogens is 4. The summed E-state index contributed by atoms with van der Waals surface area (Å²) in [4.78, 5) is 31.6. The van der Waals surface area contributed by atoms with Crippen molar-refractivity contribution in [3.63, 3.8) is 0 Å². The van der Waals surface area contributed by atoms with Crippen LogP contribution in [0.15, 0.2) is 41.6 Å². The van der Waals surface area contributed by atoms with Gasteiger partial charge in [-0.05, 0) is 43.4 Å². The highest BCUT2D eigenvalue weighted by atomic mass is 19.4. The number of amides is 1. The van der Waals surface area contributed by atoms with Crippen LogP contribution in [0.1, 0.15) is 31.7 Å². The zero-order valence-corrected chi connectivity index (χ0v) is 17.0. The van der Waals surface area contributed by atoms with E-state index in [2.05, 4.69) is 10.1 Å². The highest BCUT2D eigenvalue weighted by molar-refractivity contribution is 5.78. The molecular weight excluding hydrogens is 411 g/mol. The van der Waals surface area contributed by atoms with Crippen LogP contribution in [-0.2, 0) is 17.5 Å². The molecule has 0 spiro atoms. The van der Waals surface area contributed by atoms with Gasteiger partial charge in [-0.2, -0.15) is 18.3 Å². The number of carbonyl (C=O) groups excluding carboxylic acids is 1. The van der Waals surface area contributed by atoms with Crippen LogP contribution in [0.4, 0.5) is 13.2 Å². The smallest absolute Gasteiger partial charge is 0.341 e. The second-order valence-corrected chi connectivity index (χ2v) is 7.80. The lowest BCUT2D eigenvalue weighted by molar-refractivity contribution is -0.137. The van der Waals surface area contributed by atoms with Crippen molar-refractivity contribution in [3.05, 3.63) is 52.7 Å². The van der Waals surface area contributed by atoms with E-state index in [1.807, 2.05) is 6.92 Å². The highest BCUT2D eigenvalue weighted by Gasteiger charge is 2.31. The Morgan fingerprint density at radius 1 is 1.29 bits per heavy atom. The van der Waals surface area contributed by atoms with E-state index >= 15 is 0 Å². The van der Waals surface area contributed by atoms with E-state index < -0.39 is 17.3 Å². The van der Waals surface area contributed by atoms with Gasteiger partial charge in [0.25, 0.3) is 5.56 Å². The third-order valence-electron chi connectivity index (χ3n) is 5.30. The number of nitrogens with zero attached hydrogens (tertiary/aromatic N) is 5. The van der Waals surface area contributed by atoms with Crippen molar-refractivity contribution in [3.8, 4) is 5.69 Å². The van der Waals surface area contributed by atoms with Crippen molar-refractivity contribution >= 4 is 16.9 Å². The molecule has 2 heterocycles. The quantitative estimate of drug-likeness (QED) is 0.574. The Morgan fingerprint density at radius 3 is 2.74 bits per heavy atom. The zero-order chi connectivity index (χ0) is 22.2. The fourth-order valence-electron chi connectivity index (χ4n) is 3.51. The summed E-state index contributed by atoms with van der Waals surface area (Å²) in [6.45, 7) is 3.19. The minimum Gasteiger partial charge on any atom is -0.341 e. The lowest BCUT2D eigenvalue weighted by atomic mass is 10.2. The molecule has 1 aliphatic rings. The van der Waals surface area contributed by atoms with Gasteiger partial charge in [0.2, 0.25) is 5.91 Å². The fourth-order valence-corrected chi connectivity index (χ4v) is 3.51. The first-order valence-corrected chi connectivity index (χ1v) is 10.2. The first kappa shape index (κ1) is 21.1. The van der Waals surface area contributed by atoms with Gasteiger partial charge in [-0.1, -0.05) is 13.0 Å². The van der Waals surface area contributed by atoms with E-state index in [0.29, 0.717) is 19.0 Å². The summed E-state index contributed by atoms with van der Waals surface area (Å²) in [6, 6.07) is 4.64.